The monoisotopic (exact) mass is 765 g/mol. The Hall–Kier alpha value is -5.42. The summed E-state index contributed by atoms with van der Waals surface area (Å²) in [5.41, 5.74) is 5.13. The van der Waals surface area contributed by atoms with Crippen molar-refractivity contribution in [1.82, 2.24) is 14.7 Å². The van der Waals surface area contributed by atoms with Crippen LogP contribution in [0.3, 0.4) is 0 Å². The van der Waals surface area contributed by atoms with E-state index in [-0.39, 0.29) is 11.8 Å². The van der Waals surface area contributed by atoms with E-state index in [1.807, 2.05) is 82.6 Å². The first-order valence-electron chi connectivity index (χ1n) is 19.3. The van der Waals surface area contributed by atoms with Gasteiger partial charge in [0.05, 0.1) is 42.7 Å². The molecular weight excluding hydrogens is 711 g/mol. The Morgan fingerprint density at radius 3 is 1.07 bits per heavy atom. The molecule has 0 aliphatic carbocycles. The number of hydrogen-bond donors (Lipinski definition) is 0. The number of benzene rings is 4. The maximum absolute atomic E-state index is 13.4. The molecule has 0 saturated carbocycles. The minimum atomic E-state index is 0.0732. The van der Waals surface area contributed by atoms with Crippen molar-refractivity contribution in [2.45, 2.75) is 25.7 Å². The first-order valence-corrected chi connectivity index (χ1v) is 19.3. The molecule has 2 aliphatic rings. The third-order valence-corrected chi connectivity index (χ3v) is 11.2. The number of piperidine rings is 2. The summed E-state index contributed by atoms with van der Waals surface area (Å²) in [4.78, 5) is 33.3. The van der Waals surface area contributed by atoms with E-state index in [0.29, 0.717) is 57.5 Å². The van der Waals surface area contributed by atoms with Crippen LogP contribution in [0.15, 0.2) is 72.8 Å². The van der Waals surface area contributed by atoms with Gasteiger partial charge in [-0.25, -0.2) is 0 Å². The van der Waals surface area contributed by atoms with E-state index >= 15 is 0 Å². The van der Waals surface area contributed by atoms with Crippen LogP contribution in [0.2, 0.25) is 0 Å². The zero-order valence-electron chi connectivity index (χ0n) is 33.8. The van der Waals surface area contributed by atoms with E-state index in [4.69, 9.17) is 28.4 Å². The maximum atomic E-state index is 13.4. The van der Waals surface area contributed by atoms with Gasteiger partial charge in [0, 0.05) is 50.4 Å². The number of carbonyl (C=O) groups excluding carboxylic acids is 2. The van der Waals surface area contributed by atoms with Gasteiger partial charge in [-0.15, -0.1) is 0 Å². The van der Waals surface area contributed by atoms with Gasteiger partial charge in [-0.2, -0.15) is 0 Å². The largest absolute Gasteiger partial charge is 0.493 e. The van der Waals surface area contributed by atoms with Crippen LogP contribution in [-0.4, -0.2) is 115 Å². The van der Waals surface area contributed by atoms with Crippen LogP contribution in [0.25, 0.3) is 22.3 Å². The molecule has 11 heteroatoms. The molecule has 298 valence electrons. The molecule has 2 fully saturated rings. The lowest BCUT2D eigenvalue weighted by atomic mass is 9.93. The number of likely N-dealkylation sites (tertiary alicyclic amines) is 2. The van der Waals surface area contributed by atoms with E-state index in [1.54, 1.807) is 42.7 Å². The van der Waals surface area contributed by atoms with E-state index in [9.17, 15) is 9.59 Å². The molecule has 4 aromatic rings. The number of ether oxygens (including phenoxy) is 6. The summed E-state index contributed by atoms with van der Waals surface area (Å²) in [7, 11) is 11.8. The number of carbonyl (C=O) groups is 2. The van der Waals surface area contributed by atoms with E-state index in [1.165, 1.54) is 0 Å². The molecule has 0 atom stereocenters. The van der Waals surface area contributed by atoms with E-state index < -0.39 is 0 Å². The minimum absolute atomic E-state index is 0.0732. The van der Waals surface area contributed by atoms with Crippen molar-refractivity contribution in [2.75, 3.05) is 89.0 Å². The summed E-state index contributed by atoms with van der Waals surface area (Å²) in [5, 5.41) is 0. The molecule has 0 spiro atoms. The highest BCUT2D eigenvalue weighted by molar-refractivity contribution is 5.95. The Morgan fingerprint density at radius 1 is 0.500 bits per heavy atom. The second-order valence-corrected chi connectivity index (χ2v) is 14.7. The fraction of sp³-hybridized carbons (Fsp3) is 0.422. The van der Waals surface area contributed by atoms with Gasteiger partial charge in [0.25, 0.3) is 11.8 Å². The Morgan fingerprint density at radius 2 is 0.804 bits per heavy atom. The predicted octanol–water partition coefficient (Wildman–Crippen LogP) is 7.41. The number of nitrogens with zero attached hydrogens (tertiary/aromatic N) is 3. The van der Waals surface area contributed by atoms with Crippen molar-refractivity contribution in [3.63, 3.8) is 0 Å². The Kier molecular flexibility index (Phi) is 13.3. The van der Waals surface area contributed by atoms with Gasteiger partial charge in [-0.1, -0.05) is 24.3 Å². The Bertz CT molecular complexity index is 1760. The molecule has 2 amide bonds. The maximum Gasteiger partial charge on any atom is 0.253 e. The highest BCUT2D eigenvalue weighted by Crippen LogP contribution is 2.42. The number of amides is 2. The fourth-order valence-corrected chi connectivity index (χ4v) is 8.06. The first kappa shape index (κ1) is 40.2. The van der Waals surface area contributed by atoms with Crippen molar-refractivity contribution in [1.29, 1.82) is 0 Å². The van der Waals surface area contributed by atoms with Crippen molar-refractivity contribution in [2.24, 2.45) is 11.8 Å². The molecule has 56 heavy (non-hydrogen) atoms. The third-order valence-electron chi connectivity index (χ3n) is 11.2. The number of hydrogen-bond acceptors (Lipinski definition) is 9. The first-order chi connectivity index (χ1) is 27.2. The third kappa shape index (κ3) is 8.99. The van der Waals surface area contributed by atoms with Crippen LogP contribution in [-0.2, 0) is 0 Å². The molecule has 0 unspecified atom stereocenters. The van der Waals surface area contributed by atoms with Gasteiger partial charge in [0.2, 0.25) is 11.5 Å². The van der Waals surface area contributed by atoms with Crippen LogP contribution < -0.4 is 28.4 Å². The van der Waals surface area contributed by atoms with Crippen molar-refractivity contribution in [3.05, 3.63) is 83.9 Å². The van der Waals surface area contributed by atoms with Gasteiger partial charge < -0.3 is 43.1 Å². The molecule has 2 aliphatic heterocycles. The molecule has 2 heterocycles. The van der Waals surface area contributed by atoms with Gasteiger partial charge in [-0.3, -0.25) is 9.59 Å². The molecular formula is C45H55N3O8. The van der Waals surface area contributed by atoms with Crippen LogP contribution in [0, 0.1) is 11.8 Å². The number of methoxy groups -OCH3 is 6. The predicted molar refractivity (Wildman–Crippen MR) is 218 cm³/mol. The average molecular weight is 766 g/mol. The SMILES string of the molecule is COc1cc(-c2ccc(C(=O)N3CCC(CN(C)CC4CCN(C(=O)c5ccc(-c6cc(OC)c(OC)c(OC)c6)cc5)CC4)CC3)cc2)cc(OC)c1OC. The lowest BCUT2D eigenvalue weighted by Gasteiger charge is -2.37. The highest BCUT2D eigenvalue weighted by Gasteiger charge is 2.28. The van der Waals surface area contributed by atoms with Crippen molar-refractivity contribution >= 4 is 11.8 Å². The van der Waals surface area contributed by atoms with Crippen LogP contribution in [0.1, 0.15) is 46.4 Å². The van der Waals surface area contributed by atoms with Gasteiger partial charge in [0.15, 0.2) is 23.0 Å². The average Bonchev–Trinajstić information content (AvgIpc) is 3.25. The minimum Gasteiger partial charge on any atom is -0.493 e. The van der Waals surface area contributed by atoms with Gasteiger partial charge in [0.1, 0.15) is 0 Å². The summed E-state index contributed by atoms with van der Waals surface area (Å²) in [6.07, 6.45) is 3.96. The molecule has 0 radical (unpaired) electrons. The fourth-order valence-electron chi connectivity index (χ4n) is 8.06. The summed E-state index contributed by atoms with van der Waals surface area (Å²) >= 11 is 0. The quantitative estimate of drug-likeness (QED) is 0.130. The summed E-state index contributed by atoms with van der Waals surface area (Å²) < 4.78 is 33.0. The van der Waals surface area contributed by atoms with E-state index in [2.05, 4.69) is 11.9 Å². The molecule has 11 nitrogen and oxygen atoms in total. The van der Waals surface area contributed by atoms with E-state index in [0.717, 1.165) is 87.2 Å². The molecule has 4 aromatic carbocycles. The zero-order valence-corrected chi connectivity index (χ0v) is 33.8. The second kappa shape index (κ2) is 18.5. The van der Waals surface area contributed by atoms with Crippen molar-refractivity contribution < 1.29 is 38.0 Å². The van der Waals surface area contributed by atoms with Crippen LogP contribution >= 0.6 is 0 Å². The van der Waals surface area contributed by atoms with Crippen molar-refractivity contribution in [3.8, 4) is 56.8 Å². The normalized spacial score (nSPS) is 15.1. The van der Waals surface area contributed by atoms with Crippen LogP contribution in [0.4, 0.5) is 0 Å². The highest BCUT2D eigenvalue weighted by atomic mass is 16.5. The second-order valence-electron chi connectivity index (χ2n) is 14.7. The summed E-state index contributed by atoms with van der Waals surface area (Å²) in [6, 6.07) is 23.1. The smallest absolute Gasteiger partial charge is 0.253 e. The Balaban J connectivity index is 0.940. The van der Waals surface area contributed by atoms with Crippen LogP contribution in [0.5, 0.6) is 34.5 Å². The summed E-state index contributed by atoms with van der Waals surface area (Å²) in [6.45, 7) is 5.07. The molecule has 6 rings (SSSR count). The lowest BCUT2D eigenvalue weighted by Crippen LogP contribution is -2.43. The Labute approximate surface area is 331 Å². The lowest BCUT2D eigenvalue weighted by molar-refractivity contribution is 0.0645. The molecule has 0 aromatic heterocycles. The van der Waals surface area contributed by atoms with Gasteiger partial charge in [-0.05, 0) is 115 Å². The number of rotatable bonds is 14. The molecule has 0 N–H and O–H groups in total. The topological polar surface area (TPSA) is 99.2 Å². The molecule has 2 saturated heterocycles. The molecule has 0 bridgehead atoms. The van der Waals surface area contributed by atoms with Gasteiger partial charge >= 0.3 is 0 Å². The zero-order chi connectivity index (χ0) is 39.8. The standard InChI is InChI=1S/C45H55N3O8/c1-46(28-30-16-20-47(21-17-30)44(49)34-12-8-32(9-13-34)36-24-38(51-2)42(55-6)39(25-36)52-3)29-31-18-22-48(23-19-31)45(50)35-14-10-33(11-15-35)37-26-40(53-4)43(56-7)41(27-37)54-5/h8-15,24-27,30-31H,16-23,28-29H2,1-7H3. The summed E-state index contributed by atoms with van der Waals surface area (Å²) in [5.74, 6) is 4.68.